The molecule has 0 bridgehead atoms. The van der Waals surface area contributed by atoms with Crippen molar-refractivity contribution in [1.29, 1.82) is 0 Å². The van der Waals surface area contributed by atoms with Crippen LogP contribution in [0.3, 0.4) is 0 Å². The molecule has 1 heteroatoms. The Morgan fingerprint density at radius 2 is 1.86 bits per heavy atom. The summed E-state index contributed by atoms with van der Waals surface area (Å²) >= 11 is 0. The van der Waals surface area contributed by atoms with Gasteiger partial charge in [-0.1, -0.05) is 26.2 Å². The molecular weight excluding hydrogens is 241 g/mol. The third-order valence-corrected chi connectivity index (χ3v) is 0.854. The number of hydrogen-bond acceptors (Lipinski definition) is 0. The van der Waals surface area contributed by atoms with Crippen LogP contribution in [0.4, 0.5) is 0 Å². The van der Waals surface area contributed by atoms with E-state index >= 15 is 0 Å². The molecule has 0 aromatic rings. The first kappa shape index (κ1) is 11.1. The zero-order chi connectivity index (χ0) is 4.83. The van der Waals surface area contributed by atoms with E-state index in [0.717, 1.165) is 6.42 Å². The van der Waals surface area contributed by atoms with Gasteiger partial charge < -0.3 is 6.92 Å². The Morgan fingerprint density at radius 1 is 1.29 bits per heavy atom. The van der Waals surface area contributed by atoms with Gasteiger partial charge in [0, 0.05) is 36.9 Å². The molecule has 1 radical (unpaired) electrons. The molecule has 0 atom stereocenters. The van der Waals surface area contributed by atoms with Crippen molar-refractivity contribution in [1.82, 2.24) is 0 Å². The maximum atomic E-state index is 3.72. The van der Waals surface area contributed by atoms with Crippen LogP contribution in [0, 0.1) is 43.8 Å². The van der Waals surface area contributed by atoms with Gasteiger partial charge in [-0.05, 0) is 0 Å². The van der Waals surface area contributed by atoms with E-state index in [2.05, 4.69) is 13.8 Å². The summed E-state index contributed by atoms with van der Waals surface area (Å²) in [4.78, 5) is 0. The summed E-state index contributed by atoms with van der Waals surface area (Å²) in [5.41, 5.74) is 0. The van der Waals surface area contributed by atoms with E-state index in [1.165, 1.54) is 19.3 Å². The van der Waals surface area contributed by atoms with Gasteiger partial charge in [0.25, 0.3) is 0 Å². The molecule has 7 heavy (non-hydrogen) atoms. The Hall–Kier alpha value is 1.23. The fourth-order valence-electron chi connectivity index (χ4n) is 0.427. The van der Waals surface area contributed by atoms with Crippen LogP contribution in [0.2, 0.25) is 0 Å². The van der Waals surface area contributed by atoms with Gasteiger partial charge in [-0.3, -0.25) is 0 Å². The second-order valence-electron chi connectivity index (χ2n) is 1.56. The molecule has 0 aliphatic heterocycles. The first-order valence-electron chi connectivity index (χ1n) is 2.71. The Kier molecular flexibility index (Phi) is 16.3. The molecule has 0 saturated carbocycles. The van der Waals surface area contributed by atoms with Crippen molar-refractivity contribution in [2.24, 2.45) is 0 Å². The van der Waals surface area contributed by atoms with Crippen molar-refractivity contribution in [3.63, 3.8) is 0 Å². The van der Waals surface area contributed by atoms with Crippen molar-refractivity contribution < 1.29 is 36.9 Å². The molecule has 0 N–H and O–H groups in total. The van der Waals surface area contributed by atoms with Gasteiger partial charge in [0.15, 0.2) is 0 Å². The van der Waals surface area contributed by atoms with Crippen LogP contribution in [0.25, 0.3) is 0 Å². The zero-order valence-electron chi connectivity index (χ0n) is 4.81. The Balaban J connectivity index is 0. The summed E-state index contributed by atoms with van der Waals surface area (Å²) in [7, 11) is 0. The van der Waals surface area contributed by atoms with Gasteiger partial charge in [0.1, 0.15) is 0 Å². The summed E-state index contributed by atoms with van der Waals surface area (Å²) in [6, 6.07) is 0. The van der Waals surface area contributed by atoms with Crippen molar-refractivity contribution in [2.45, 2.75) is 32.6 Å². The third-order valence-electron chi connectivity index (χ3n) is 0.854. The topological polar surface area (TPSA) is 0 Å². The molecule has 0 spiro atoms. The van der Waals surface area contributed by atoms with Gasteiger partial charge in [-0.25, -0.2) is 0 Å². The predicted octanol–water partition coefficient (Wildman–Crippen LogP) is 2.40. The van der Waals surface area contributed by atoms with E-state index in [1.807, 2.05) is 0 Å². The molecule has 51 valence electrons. The van der Waals surface area contributed by atoms with Gasteiger partial charge >= 0.3 is 0 Å². The molecule has 0 saturated heterocycles. The summed E-state index contributed by atoms with van der Waals surface area (Å²) in [6.07, 6.45) is 5.07. The summed E-state index contributed by atoms with van der Waals surface area (Å²) in [6.45, 7) is 5.93. The standard InChI is InChI=1S/C6H13.Tm/c1-3-5-6-4-2;/h1,3-6H2,2H3;/q-1;. The maximum absolute atomic E-state index is 3.72. The van der Waals surface area contributed by atoms with Crippen LogP contribution in [-0.4, -0.2) is 0 Å². The molecular formula is C6H13Tm-. The van der Waals surface area contributed by atoms with Gasteiger partial charge in [-0.2, -0.15) is 6.42 Å². The predicted molar refractivity (Wildman–Crippen MR) is 29.5 cm³/mol. The molecule has 0 rings (SSSR count). The molecule has 0 heterocycles. The van der Waals surface area contributed by atoms with Crippen molar-refractivity contribution in [3.8, 4) is 0 Å². The van der Waals surface area contributed by atoms with Crippen LogP contribution in [0.1, 0.15) is 32.6 Å². The van der Waals surface area contributed by atoms with Crippen LogP contribution in [-0.2, 0) is 0 Å². The van der Waals surface area contributed by atoms with Crippen LogP contribution in [0.15, 0.2) is 0 Å². The normalized spacial score (nSPS) is 7.71. The van der Waals surface area contributed by atoms with Gasteiger partial charge in [-0.15, -0.1) is 0 Å². The van der Waals surface area contributed by atoms with E-state index in [0.29, 0.717) is 0 Å². The number of unbranched alkanes of at least 4 members (excludes halogenated alkanes) is 3. The van der Waals surface area contributed by atoms with Crippen molar-refractivity contribution in [3.05, 3.63) is 6.92 Å². The fraction of sp³-hybridized carbons (Fsp3) is 0.833. The Bertz CT molecular complexity index is 16.1. The third kappa shape index (κ3) is 11.1. The summed E-state index contributed by atoms with van der Waals surface area (Å²) in [5, 5.41) is 0. The van der Waals surface area contributed by atoms with Crippen LogP contribution >= 0.6 is 0 Å². The maximum Gasteiger partial charge on any atom is 0 e. The van der Waals surface area contributed by atoms with Crippen LogP contribution in [0.5, 0.6) is 0 Å². The molecule has 0 aromatic carbocycles. The van der Waals surface area contributed by atoms with E-state index in [9.17, 15) is 0 Å². The van der Waals surface area contributed by atoms with Crippen LogP contribution < -0.4 is 0 Å². The quantitative estimate of drug-likeness (QED) is 0.536. The Labute approximate surface area is 75.9 Å². The summed E-state index contributed by atoms with van der Waals surface area (Å²) < 4.78 is 0. The first-order chi connectivity index (χ1) is 2.91. The molecule has 0 aliphatic rings. The zero-order valence-corrected chi connectivity index (χ0v) is 6.59. The molecule has 0 aromatic heterocycles. The molecule has 0 unspecified atom stereocenters. The molecule has 0 fully saturated rings. The Morgan fingerprint density at radius 3 is 2.00 bits per heavy atom. The molecule has 0 nitrogen and oxygen atoms in total. The van der Waals surface area contributed by atoms with Crippen molar-refractivity contribution in [2.75, 3.05) is 0 Å². The first-order valence-corrected chi connectivity index (χ1v) is 2.71. The van der Waals surface area contributed by atoms with E-state index in [4.69, 9.17) is 0 Å². The van der Waals surface area contributed by atoms with E-state index in [1.54, 1.807) is 0 Å². The van der Waals surface area contributed by atoms with Gasteiger partial charge in [0.05, 0.1) is 0 Å². The number of hydrogen-bond donors (Lipinski definition) is 0. The number of rotatable bonds is 3. The minimum atomic E-state index is 0. The van der Waals surface area contributed by atoms with Crippen molar-refractivity contribution >= 4 is 0 Å². The average molecular weight is 254 g/mol. The second-order valence-corrected chi connectivity index (χ2v) is 1.56. The second kappa shape index (κ2) is 10.3. The van der Waals surface area contributed by atoms with E-state index in [-0.39, 0.29) is 36.9 Å². The monoisotopic (exact) mass is 254 g/mol. The van der Waals surface area contributed by atoms with Gasteiger partial charge in [0.2, 0.25) is 0 Å². The molecule has 0 amide bonds. The minimum Gasteiger partial charge on any atom is -0.343 e. The minimum absolute atomic E-state index is 0. The smallest absolute Gasteiger partial charge is 0 e. The largest absolute Gasteiger partial charge is 0.343 e. The fourth-order valence-corrected chi connectivity index (χ4v) is 0.427. The SMILES string of the molecule is [CH2-]CCCCC.[Tm]. The van der Waals surface area contributed by atoms with E-state index < -0.39 is 0 Å². The summed E-state index contributed by atoms with van der Waals surface area (Å²) in [5.74, 6) is 0. The average Bonchev–Trinajstić information content (AvgIpc) is 1.61. The molecule has 0 aliphatic carbocycles.